The lowest BCUT2D eigenvalue weighted by atomic mass is 9.82. The number of benzene rings is 1. The normalized spacial score (nSPS) is 14.1. The fraction of sp³-hybridized carbons (Fsp3) is 0.643. The zero-order valence-electron chi connectivity index (χ0n) is 24.4. The third-order valence-corrected chi connectivity index (χ3v) is 5.23. The molecule has 0 bridgehead atoms. The molecule has 2 unspecified atom stereocenters. The van der Waals surface area contributed by atoms with Gasteiger partial charge in [0, 0.05) is 5.92 Å². The summed E-state index contributed by atoms with van der Waals surface area (Å²) in [6, 6.07) is 2.79. The van der Waals surface area contributed by atoms with Crippen molar-refractivity contribution < 1.29 is 48.0 Å². The van der Waals surface area contributed by atoms with E-state index in [9.17, 15) is 24.3 Å². The molecule has 1 rings (SSSR count). The Morgan fingerprint density at radius 2 is 1.31 bits per heavy atom. The van der Waals surface area contributed by atoms with Gasteiger partial charge in [0.05, 0.1) is 25.7 Å². The third kappa shape index (κ3) is 12.4. The molecule has 1 aromatic carbocycles. The van der Waals surface area contributed by atoms with Crippen molar-refractivity contribution in [2.45, 2.75) is 74.3 Å². The number of ether oxygens (including phenoxy) is 5. The zero-order valence-corrected chi connectivity index (χ0v) is 24.4. The van der Waals surface area contributed by atoms with Crippen LogP contribution in [0.4, 0.5) is 9.59 Å². The van der Waals surface area contributed by atoms with Gasteiger partial charge in [-0.3, -0.25) is 9.59 Å². The van der Waals surface area contributed by atoms with Crippen LogP contribution in [0.1, 0.15) is 73.8 Å². The maximum Gasteiger partial charge on any atom is 0.513 e. The van der Waals surface area contributed by atoms with Crippen molar-refractivity contribution in [2.75, 3.05) is 19.8 Å². The summed E-state index contributed by atoms with van der Waals surface area (Å²) >= 11 is 0. The number of hydrogen-bond donors (Lipinski definition) is 2. The zero-order chi connectivity index (χ0) is 30.1. The second-order valence-corrected chi connectivity index (χ2v) is 12.3. The quantitative estimate of drug-likeness (QED) is 0.212. The van der Waals surface area contributed by atoms with Crippen molar-refractivity contribution >= 4 is 24.2 Å². The molecular weight excluding hydrogens is 510 g/mol. The summed E-state index contributed by atoms with van der Waals surface area (Å²) in [6.45, 7) is 16.3. The van der Waals surface area contributed by atoms with Gasteiger partial charge in [-0.1, -0.05) is 68.4 Å². The Kier molecular flexibility index (Phi) is 12.2. The first-order chi connectivity index (χ1) is 17.8. The van der Waals surface area contributed by atoms with Gasteiger partial charge < -0.3 is 34.5 Å². The van der Waals surface area contributed by atoms with Crippen molar-refractivity contribution in [3.63, 3.8) is 0 Å². The molecule has 3 atom stereocenters. The second-order valence-electron chi connectivity index (χ2n) is 12.3. The first-order valence-corrected chi connectivity index (χ1v) is 12.8. The van der Waals surface area contributed by atoms with E-state index in [4.69, 9.17) is 29.4 Å². The molecule has 0 spiro atoms. The monoisotopic (exact) mass is 553 g/mol. The molecule has 3 N–H and O–H groups in total. The molecule has 0 aliphatic carbocycles. The van der Waals surface area contributed by atoms with Gasteiger partial charge in [-0.2, -0.15) is 0 Å². The molecule has 220 valence electrons. The van der Waals surface area contributed by atoms with Crippen LogP contribution in [0, 0.1) is 22.7 Å². The van der Waals surface area contributed by atoms with E-state index in [0.717, 1.165) is 0 Å². The Morgan fingerprint density at radius 3 is 1.74 bits per heavy atom. The third-order valence-electron chi connectivity index (χ3n) is 5.23. The molecule has 0 aromatic heterocycles. The van der Waals surface area contributed by atoms with E-state index in [1.54, 1.807) is 20.8 Å². The maximum atomic E-state index is 12.5. The van der Waals surface area contributed by atoms with Crippen molar-refractivity contribution in [2.24, 2.45) is 28.4 Å². The van der Waals surface area contributed by atoms with Crippen LogP contribution in [0.3, 0.4) is 0 Å². The highest BCUT2D eigenvalue weighted by Gasteiger charge is 2.33. The van der Waals surface area contributed by atoms with Crippen molar-refractivity contribution in [3.8, 4) is 11.5 Å². The average molecular weight is 554 g/mol. The fourth-order valence-electron chi connectivity index (χ4n) is 3.21. The summed E-state index contributed by atoms with van der Waals surface area (Å²) in [5.41, 5.74) is 5.74. The Balaban J connectivity index is 3.38. The predicted molar refractivity (Wildman–Crippen MR) is 143 cm³/mol. The maximum absolute atomic E-state index is 12.5. The van der Waals surface area contributed by atoms with E-state index in [1.807, 2.05) is 41.5 Å². The van der Waals surface area contributed by atoms with Crippen LogP contribution in [-0.4, -0.2) is 55.2 Å². The van der Waals surface area contributed by atoms with Gasteiger partial charge in [0.15, 0.2) is 11.5 Å². The van der Waals surface area contributed by atoms with Crippen LogP contribution >= 0.6 is 0 Å². The SMILES string of the molecule is CC(C)C(=O)OCC(C)C(c1ccc(OC(=O)OCC(C)(C)C)c(OC(=O)OCC(C)(C)C)c1)[C@H](N)C(=O)O. The Labute approximate surface area is 230 Å². The van der Waals surface area contributed by atoms with Crippen LogP contribution < -0.4 is 15.2 Å². The molecule has 39 heavy (non-hydrogen) atoms. The number of carboxylic acids is 1. The number of carboxylic acid groups (broad SMARTS) is 1. The van der Waals surface area contributed by atoms with E-state index in [-0.39, 0.29) is 48.1 Å². The van der Waals surface area contributed by atoms with Crippen LogP contribution in [0.15, 0.2) is 18.2 Å². The minimum absolute atomic E-state index is 0.0557. The smallest absolute Gasteiger partial charge is 0.480 e. The first kappa shape index (κ1) is 33.7. The highest BCUT2D eigenvalue weighted by molar-refractivity contribution is 5.75. The van der Waals surface area contributed by atoms with E-state index in [0.29, 0.717) is 5.56 Å². The number of hydrogen-bond acceptors (Lipinski definition) is 10. The van der Waals surface area contributed by atoms with Crippen molar-refractivity contribution in [1.29, 1.82) is 0 Å². The molecule has 0 heterocycles. The van der Waals surface area contributed by atoms with Crippen LogP contribution in [0.5, 0.6) is 11.5 Å². The minimum Gasteiger partial charge on any atom is -0.480 e. The number of esters is 1. The molecule has 11 heteroatoms. The average Bonchev–Trinajstić information content (AvgIpc) is 2.80. The van der Waals surface area contributed by atoms with Crippen LogP contribution in [0.25, 0.3) is 0 Å². The molecule has 0 amide bonds. The topological polar surface area (TPSA) is 161 Å². The van der Waals surface area contributed by atoms with Gasteiger partial charge in [-0.05, 0) is 34.4 Å². The lowest BCUT2D eigenvalue weighted by molar-refractivity contribution is -0.149. The van der Waals surface area contributed by atoms with E-state index in [1.165, 1.54) is 18.2 Å². The number of aliphatic carboxylic acids is 1. The summed E-state index contributed by atoms with van der Waals surface area (Å²) in [7, 11) is 0. The van der Waals surface area contributed by atoms with Crippen molar-refractivity contribution in [3.05, 3.63) is 23.8 Å². The molecule has 1 aromatic rings. The standard InChI is InChI=1S/C28H43NO10/c1-16(2)24(32)35-13-17(3)21(22(29)23(30)31)18-10-11-19(38-25(33)36-14-27(4,5)6)20(12-18)39-26(34)37-15-28(7,8)9/h10-12,16-17,21-22H,13-15,29H2,1-9H3,(H,30,31)/t17?,21?,22-/m0/s1. The second kappa shape index (κ2) is 14.2. The van der Waals surface area contributed by atoms with Gasteiger partial charge in [-0.15, -0.1) is 0 Å². The molecule has 0 saturated heterocycles. The lowest BCUT2D eigenvalue weighted by Crippen LogP contribution is -2.40. The molecule has 0 saturated carbocycles. The Bertz CT molecular complexity index is 1010. The fourth-order valence-corrected chi connectivity index (χ4v) is 3.21. The Hall–Kier alpha value is -3.34. The summed E-state index contributed by atoms with van der Waals surface area (Å²) in [4.78, 5) is 48.6. The molecule has 0 radical (unpaired) electrons. The molecule has 0 aliphatic rings. The van der Waals surface area contributed by atoms with Gasteiger partial charge in [0.25, 0.3) is 0 Å². The highest BCUT2D eigenvalue weighted by Crippen LogP contribution is 2.36. The van der Waals surface area contributed by atoms with Crippen molar-refractivity contribution in [1.82, 2.24) is 0 Å². The summed E-state index contributed by atoms with van der Waals surface area (Å²) in [5, 5.41) is 9.66. The number of rotatable bonds is 11. The summed E-state index contributed by atoms with van der Waals surface area (Å²) in [5.74, 6) is -3.83. The number of carbonyl (C=O) groups excluding carboxylic acids is 3. The van der Waals surface area contributed by atoms with E-state index >= 15 is 0 Å². The molecule has 0 fully saturated rings. The van der Waals surface area contributed by atoms with Crippen LogP contribution in [-0.2, 0) is 23.8 Å². The van der Waals surface area contributed by atoms with Gasteiger partial charge in [0.1, 0.15) is 6.04 Å². The highest BCUT2D eigenvalue weighted by atomic mass is 16.7. The minimum atomic E-state index is -1.39. The molecular formula is C28H43NO10. The number of nitrogens with two attached hydrogens (primary N) is 1. The van der Waals surface area contributed by atoms with Gasteiger partial charge >= 0.3 is 24.2 Å². The number of carbonyl (C=O) groups is 4. The summed E-state index contributed by atoms with van der Waals surface area (Å²) < 4.78 is 26.3. The first-order valence-electron chi connectivity index (χ1n) is 12.8. The Morgan fingerprint density at radius 1 is 0.821 bits per heavy atom. The van der Waals surface area contributed by atoms with Crippen LogP contribution in [0.2, 0.25) is 0 Å². The molecule has 0 aliphatic heterocycles. The predicted octanol–water partition coefficient (Wildman–Crippen LogP) is 5.14. The summed E-state index contributed by atoms with van der Waals surface area (Å²) in [6.07, 6.45) is -2.06. The van der Waals surface area contributed by atoms with E-state index < -0.39 is 42.1 Å². The van der Waals surface area contributed by atoms with E-state index in [2.05, 4.69) is 0 Å². The van der Waals surface area contributed by atoms with Gasteiger partial charge in [-0.25, -0.2) is 9.59 Å². The largest absolute Gasteiger partial charge is 0.513 e. The lowest BCUT2D eigenvalue weighted by Gasteiger charge is -2.28. The molecule has 11 nitrogen and oxygen atoms in total. The van der Waals surface area contributed by atoms with Gasteiger partial charge in [0.2, 0.25) is 0 Å².